The minimum absolute atomic E-state index is 0.0439. The second-order valence-electron chi connectivity index (χ2n) is 10.2. The number of alkyl halides is 3. The van der Waals surface area contributed by atoms with Crippen molar-refractivity contribution in [1.82, 2.24) is 24.7 Å². The molecule has 0 amide bonds. The molecule has 3 aromatic heterocycles. The Labute approximate surface area is 233 Å². The van der Waals surface area contributed by atoms with Gasteiger partial charge in [0.1, 0.15) is 11.9 Å². The topological polar surface area (TPSA) is 104 Å². The van der Waals surface area contributed by atoms with E-state index in [1.165, 1.54) is 12.3 Å². The van der Waals surface area contributed by atoms with Crippen molar-refractivity contribution < 1.29 is 27.4 Å². The van der Waals surface area contributed by atoms with Crippen LogP contribution in [0.1, 0.15) is 43.7 Å². The highest BCUT2D eigenvalue weighted by molar-refractivity contribution is 5.87. The molecule has 2 saturated carbocycles. The van der Waals surface area contributed by atoms with Crippen molar-refractivity contribution in [3.63, 3.8) is 0 Å². The molecule has 1 N–H and O–H groups in total. The predicted octanol–water partition coefficient (Wildman–Crippen LogP) is 5.84. The van der Waals surface area contributed by atoms with Gasteiger partial charge in [-0.2, -0.15) is 23.3 Å². The van der Waals surface area contributed by atoms with E-state index in [1.54, 1.807) is 55.4 Å². The molecule has 2 aliphatic carbocycles. The summed E-state index contributed by atoms with van der Waals surface area (Å²) in [4.78, 5) is 25.7. The van der Waals surface area contributed by atoms with E-state index >= 15 is 0 Å². The van der Waals surface area contributed by atoms with E-state index < -0.39 is 23.1 Å². The molecule has 6 rings (SSSR count). The largest absolute Gasteiger partial charge is 0.473 e. The lowest BCUT2D eigenvalue weighted by Crippen LogP contribution is -2.26. The Morgan fingerprint density at radius 3 is 2.54 bits per heavy atom. The number of pyridine rings is 1. The Morgan fingerprint density at radius 1 is 1.10 bits per heavy atom. The van der Waals surface area contributed by atoms with Crippen LogP contribution in [0.2, 0.25) is 0 Å². The number of hydrogen-bond donors (Lipinski definition) is 1. The van der Waals surface area contributed by atoms with Gasteiger partial charge in [-0.05, 0) is 55.9 Å². The summed E-state index contributed by atoms with van der Waals surface area (Å²) in [5, 5.41) is 7.54. The molecule has 2 fully saturated rings. The standard InChI is InChI=1S/C29H27F3N6O3/c1-3-40-27(39)28(10-11-28)21-8-4-17(12-22(21)29(30,31)32)18-5-9-23(34-13-18)20-14-35-38(2)26(20)37-24-15-33-16-25(36-24)41-19-6-7-19/h4-5,8-9,12-16,19H,3,6-7,10-11H2,1-2H3,(H,36,37). The monoisotopic (exact) mass is 564 g/mol. The smallest absolute Gasteiger partial charge is 0.416 e. The molecular formula is C29H27F3N6O3. The van der Waals surface area contributed by atoms with Crippen LogP contribution in [-0.2, 0) is 28.2 Å². The second-order valence-corrected chi connectivity index (χ2v) is 10.2. The van der Waals surface area contributed by atoms with Crippen molar-refractivity contribution in [2.75, 3.05) is 11.9 Å². The second kappa shape index (κ2) is 10.2. The maximum atomic E-state index is 14.2. The average molecular weight is 565 g/mol. The van der Waals surface area contributed by atoms with Crippen LogP contribution in [0.15, 0.2) is 55.1 Å². The highest BCUT2D eigenvalue weighted by atomic mass is 19.4. The maximum absolute atomic E-state index is 14.2. The molecule has 4 aromatic rings. The number of ether oxygens (including phenoxy) is 2. The summed E-state index contributed by atoms with van der Waals surface area (Å²) in [6, 6.07) is 7.49. The van der Waals surface area contributed by atoms with Crippen molar-refractivity contribution in [1.29, 1.82) is 0 Å². The van der Waals surface area contributed by atoms with Crippen LogP contribution in [-0.4, -0.2) is 43.4 Å². The molecule has 3 heterocycles. The third-order valence-corrected chi connectivity index (χ3v) is 7.24. The zero-order valence-electron chi connectivity index (χ0n) is 22.4. The number of nitrogens with one attached hydrogen (secondary N) is 1. The summed E-state index contributed by atoms with van der Waals surface area (Å²) in [7, 11) is 1.77. The van der Waals surface area contributed by atoms with Crippen molar-refractivity contribution in [2.24, 2.45) is 7.05 Å². The molecule has 1 aromatic carbocycles. The number of aromatic nitrogens is 5. The lowest BCUT2D eigenvalue weighted by Gasteiger charge is -2.21. The predicted molar refractivity (Wildman–Crippen MR) is 143 cm³/mol. The summed E-state index contributed by atoms with van der Waals surface area (Å²) in [6.07, 6.45) is 4.50. The van der Waals surface area contributed by atoms with E-state index in [-0.39, 0.29) is 18.3 Å². The van der Waals surface area contributed by atoms with Gasteiger partial charge in [0, 0.05) is 18.8 Å². The first-order valence-corrected chi connectivity index (χ1v) is 13.3. The third-order valence-electron chi connectivity index (χ3n) is 7.24. The third kappa shape index (κ3) is 5.33. The number of carbonyl (C=O) groups is 1. The van der Waals surface area contributed by atoms with Gasteiger partial charge < -0.3 is 14.8 Å². The van der Waals surface area contributed by atoms with Crippen LogP contribution in [0.5, 0.6) is 5.88 Å². The molecule has 0 radical (unpaired) electrons. The van der Waals surface area contributed by atoms with Gasteiger partial charge in [0.2, 0.25) is 5.88 Å². The molecule has 0 spiro atoms. The highest BCUT2D eigenvalue weighted by Gasteiger charge is 2.56. The normalized spacial score (nSPS) is 15.8. The molecule has 0 atom stereocenters. The van der Waals surface area contributed by atoms with E-state index in [0.717, 1.165) is 18.9 Å². The van der Waals surface area contributed by atoms with Crippen LogP contribution >= 0.6 is 0 Å². The first-order chi connectivity index (χ1) is 19.7. The van der Waals surface area contributed by atoms with Crippen molar-refractivity contribution in [2.45, 2.75) is 50.3 Å². The van der Waals surface area contributed by atoms with Crippen LogP contribution in [0, 0.1) is 0 Å². The quantitative estimate of drug-likeness (QED) is 0.253. The van der Waals surface area contributed by atoms with Crippen molar-refractivity contribution in [3.05, 3.63) is 66.2 Å². The molecular weight excluding hydrogens is 537 g/mol. The fourth-order valence-electron chi connectivity index (χ4n) is 4.79. The van der Waals surface area contributed by atoms with E-state index in [2.05, 4.69) is 25.4 Å². The van der Waals surface area contributed by atoms with Crippen LogP contribution in [0.3, 0.4) is 0 Å². The van der Waals surface area contributed by atoms with E-state index in [4.69, 9.17) is 9.47 Å². The maximum Gasteiger partial charge on any atom is 0.416 e. The minimum Gasteiger partial charge on any atom is -0.473 e. The van der Waals surface area contributed by atoms with Crippen LogP contribution < -0.4 is 10.1 Å². The van der Waals surface area contributed by atoms with Gasteiger partial charge in [-0.3, -0.25) is 19.4 Å². The van der Waals surface area contributed by atoms with E-state index in [9.17, 15) is 18.0 Å². The molecule has 12 heteroatoms. The van der Waals surface area contributed by atoms with Crippen LogP contribution in [0.4, 0.5) is 24.8 Å². The summed E-state index contributed by atoms with van der Waals surface area (Å²) >= 11 is 0. The summed E-state index contributed by atoms with van der Waals surface area (Å²) in [6.45, 7) is 1.75. The Balaban J connectivity index is 1.27. The lowest BCUT2D eigenvalue weighted by atomic mass is 9.88. The van der Waals surface area contributed by atoms with E-state index in [1.807, 2.05) is 0 Å². The summed E-state index contributed by atoms with van der Waals surface area (Å²) < 4.78 is 54.9. The highest BCUT2D eigenvalue weighted by Crippen LogP contribution is 2.53. The fraction of sp³-hybridized carbons (Fsp3) is 0.345. The van der Waals surface area contributed by atoms with Crippen molar-refractivity contribution >= 4 is 17.6 Å². The number of rotatable bonds is 9. The molecule has 0 aliphatic heterocycles. The number of halogens is 3. The number of esters is 1. The Bertz CT molecular complexity index is 1590. The molecule has 0 unspecified atom stereocenters. The minimum atomic E-state index is -4.64. The van der Waals surface area contributed by atoms with Crippen molar-refractivity contribution in [3.8, 4) is 28.3 Å². The molecule has 9 nitrogen and oxygen atoms in total. The average Bonchev–Trinajstić information content (AvgIpc) is 3.89. The van der Waals surface area contributed by atoms with Gasteiger partial charge in [-0.15, -0.1) is 0 Å². The zero-order chi connectivity index (χ0) is 28.8. The van der Waals surface area contributed by atoms with Gasteiger partial charge in [0.15, 0.2) is 5.82 Å². The number of nitrogens with zero attached hydrogens (tertiary/aromatic N) is 5. The number of hydrogen-bond acceptors (Lipinski definition) is 8. The van der Waals surface area contributed by atoms with E-state index in [0.29, 0.717) is 52.7 Å². The summed E-state index contributed by atoms with van der Waals surface area (Å²) in [5.41, 5.74) is -0.0394. The molecule has 41 heavy (non-hydrogen) atoms. The summed E-state index contributed by atoms with van der Waals surface area (Å²) in [5.74, 6) is 0.905. The number of anilines is 2. The molecule has 0 saturated heterocycles. The molecule has 212 valence electrons. The first kappa shape index (κ1) is 26.7. The number of aryl methyl sites for hydroxylation is 1. The molecule has 0 bridgehead atoms. The number of carbonyl (C=O) groups excluding carboxylic acids is 1. The Kier molecular flexibility index (Phi) is 6.63. The van der Waals surface area contributed by atoms with Gasteiger partial charge in [0.05, 0.1) is 47.4 Å². The van der Waals surface area contributed by atoms with Crippen LogP contribution in [0.25, 0.3) is 22.4 Å². The lowest BCUT2D eigenvalue weighted by molar-refractivity contribution is -0.147. The zero-order valence-corrected chi connectivity index (χ0v) is 22.4. The van der Waals surface area contributed by atoms with Gasteiger partial charge in [0.25, 0.3) is 0 Å². The van der Waals surface area contributed by atoms with Gasteiger partial charge in [-0.25, -0.2) is 0 Å². The number of benzene rings is 1. The molecule has 2 aliphatic rings. The van der Waals surface area contributed by atoms with Gasteiger partial charge in [-0.1, -0.05) is 18.2 Å². The fourth-order valence-corrected chi connectivity index (χ4v) is 4.79. The SMILES string of the molecule is CCOC(=O)C1(c2ccc(-c3ccc(-c4cnn(C)c4Nc4cncc(OC5CC5)n4)nc3)cc2C(F)(F)F)CC1. The Morgan fingerprint density at radius 2 is 1.88 bits per heavy atom. The first-order valence-electron chi connectivity index (χ1n) is 13.3. The Hall–Kier alpha value is -4.48. The van der Waals surface area contributed by atoms with Gasteiger partial charge >= 0.3 is 12.1 Å².